The molecule has 1 amide bonds. The topological polar surface area (TPSA) is 136 Å². The maximum Gasteiger partial charge on any atom is 0.271 e. The van der Waals surface area contributed by atoms with E-state index in [2.05, 4.69) is 20.4 Å². The van der Waals surface area contributed by atoms with Gasteiger partial charge in [-0.1, -0.05) is 0 Å². The van der Waals surface area contributed by atoms with Gasteiger partial charge in [0.25, 0.3) is 5.91 Å². The molecular formula is C8H10ClN7O. The number of hydrogen-bond acceptors (Lipinski definition) is 6. The van der Waals surface area contributed by atoms with E-state index in [4.69, 9.17) is 11.6 Å². The van der Waals surface area contributed by atoms with Gasteiger partial charge in [-0.15, -0.1) is 17.5 Å². The first-order chi connectivity index (χ1) is 7.74. The molecule has 0 unspecified atom stereocenters. The molecule has 2 heterocycles. The van der Waals surface area contributed by atoms with Crippen LogP contribution < -0.4 is 17.0 Å². The molecule has 2 rings (SSSR count). The average Bonchev–Trinajstić information content (AvgIpc) is 2.71. The van der Waals surface area contributed by atoms with E-state index in [0.717, 1.165) is 0 Å². The maximum atomic E-state index is 11.5. The molecule has 0 radical (unpaired) electrons. The SMILES string of the molecule is Cl.NNC(=O)c1c(-c2cccnn2)n[nH]c1N. The van der Waals surface area contributed by atoms with E-state index in [1.165, 1.54) is 6.20 Å². The van der Waals surface area contributed by atoms with E-state index >= 15 is 0 Å². The minimum Gasteiger partial charge on any atom is -0.383 e. The van der Waals surface area contributed by atoms with Crippen molar-refractivity contribution in [1.82, 2.24) is 25.8 Å². The van der Waals surface area contributed by atoms with Crippen molar-refractivity contribution in [1.29, 1.82) is 0 Å². The number of aromatic nitrogens is 4. The van der Waals surface area contributed by atoms with Crippen molar-refractivity contribution in [3.63, 3.8) is 0 Å². The van der Waals surface area contributed by atoms with Crippen LogP contribution in [0, 0.1) is 0 Å². The van der Waals surface area contributed by atoms with Gasteiger partial charge in [-0.25, -0.2) is 5.84 Å². The quantitative estimate of drug-likeness (QED) is 0.324. The van der Waals surface area contributed by atoms with E-state index in [0.29, 0.717) is 11.4 Å². The van der Waals surface area contributed by atoms with Crippen LogP contribution in [-0.4, -0.2) is 26.3 Å². The zero-order valence-corrected chi connectivity index (χ0v) is 9.36. The van der Waals surface area contributed by atoms with Crippen molar-refractivity contribution in [2.24, 2.45) is 5.84 Å². The van der Waals surface area contributed by atoms with Crippen LogP contribution in [0.1, 0.15) is 10.4 Å². The highest BCUT2D eigenvalue weighted by molar-refractivity contribution is 6.03. The second kappa shape index (κ2) is 5.23. The highest BCUT2D eigenvalue weighted by atomic mass is 35.5. The Morgan fingerprint density at radius 2 is 2.24 bits per heavy atom. The summed E-state index contributed by atoms with van der Waals surface area (Å²) >= 11 is 0. The molecule has 0 aromatic carbocycles. The largest absolute Gasteiger partial charge is 0.383 e. The van der Waals surface area contributed by atoms with Crippen LogP contribution >= 0.6 is 12.4 Å². The van der Waals surface area contributed by atoms with E-state index in [1.807, 2.05) is 5.43 Å². The summed E-state index contributed by atoms with van der Waals surface area (Å²) in [5.74, 6) is 4.64. The van der Waals surface area contributed by atoms with Gasteiger partial charge < -0.3 is 5.73 Å². The van der Waals surface area contributed by atoms with Gasteiger partial charge in [0, 0.05) is 6.20 Å². The number of aromatic amines is 1. The average molecular weight is 256 g/mol. The number of hydrogen-bond donors (Lipinski definition) is 4. The van der Waals surface area contributed by atoms with E-state index < -0.39 is 5.91 Å². The lowest BCUT2D eigenvalue weighted by molar-refractivity contribution is 0.0955. The molecule has 0 aliphatic carbocycles. The van der Waals surface area contributed by atoms with Crippen LogP contribution in [0.5, 0.6) is 0 Å². The molecule has 0 atom stereocenters. The Hall–Kier alpha value is -2.19. The molecule has 0 saturated carbocycles. The first kappa shape index (κ1) is 12.9. The normalized spacial score (nSPS) is 9.47. The predicted molar refractivity (Wildman–Crippen MR) is 62.9 cm³/mol. The van der Waals surface area contributed by atoms with Crippen molar-refractivity contribution in [2.45, 2.75) is 0 Å². The number of nitrogens with two attached hydrogens (primary N) is 2. The van der Waals surface area contributed by atoms with E-state index in [1.54, 1.807) is 12.1 Å². The third-order valence-electron chi connectivity index (χ3n) is 1.97. The molecular weight excluding hydrogens is 246 g/mol. The summed E-state index contributed by atoms with van der Waals surface area (Å²) in [6.07, 6.45) is 1.52. The van der Waals surface area contributed by atoms with Crippen molar-refractivity contribution in [3.8, 4) is 11.4 Å². The standard InChI is InChI=1S/C8H9N7O.ClH/c9-7-5(8(16)12-10)6(14-15-7)4-2-1-3-11-13-4;/h1-3H,10H2,(H,12,16)(H3,9,14,15);1H. The molecule has 0 aliphatic heterocycles. The number of halogens is 1. The molecule has 0 spiro atoms. The molecule has 8 nitrogen and oxygen atoms in total. The Balaban J connectivity index is 0.00000144. The number of H-pyrrole nitrogens is 1. The Morgan fingerprint density at radius 1 is 1.47 bits per heavy atom. The minimum atomic E-state index is -0.535. The number of nitrogens with zero attached hydrogens (tertiary/aromatic N) is 3. The van der Waals surface area contributed by atoms with Gasteiger partial charge in [0.1, 0.15) is 22.8 Å². The highest BCUT2D eigenvalue weighted by Gasteiger charge is 2.20. The fraction of sp³-hybridized carbons (Fsp3) is 0. The summed E-state index contributed by atoms with van der Waals surface area (Å²) < 4.78 is 0. The highest BCUT2D eigenvalue weighted by Crippen LogP contribution is 2.22. The number of nitrogen functional groups attached to an aromatic ring is 2. The lowest BCUT2D eigenvalue weighted by atomic mass is 10.1. The van der Waals surface area contributed by atoms with Crippen molar-refractivity contribution in [2.75, 3.05) is 5.73 Å². The summed E-state index contributed by atoms with van der Waals surface area (Å²) in [4.78, 5) is 11.5. The maximum absolute atomic E-state index is 11.5. The second-order valence-electron chi connectivity index (χ2n) is 2.94. The fourth-order valence-corrected chi connectivity index (χ4v) is 1.27. The number of anilines is 1. The van der Waals surface area contributed by atoms with Gasteiger partial charge in [-0.3, -0.25) is 15.3 Å². The molecule has 90 valence electrons. The second-order valence-corrected chi connectivity index (χ2v) is 2.94. The first-order valence-electron chi connectivity index (χ1n) is 4.37. The molecule has 0 bridgehead atoms. The number of amides is 1. The molecule has 0 saturated heterocycles. The molecule has 9 heteroatoms. The Morgan fingerprint density at radius 3 is 2.82 bits per heavy atom. The van der Waals surface area contributed by atoms with Gasteiger partial charge in [-0.05, 0) is 12.1 Å². The van der Waals surface area contributed by atoms with Crippen LogP contribution in [0.25, 0.3) is 11.4 Å². The number of carbonyl (C=O) groups excluding carboxylic acids is 1. The third kappa shape index (κ3) is 2.32. The van der Waals surface area contributed by atoms with Crippen molar-refractivity contribution >= 4 is 24.1 Å². The number of hydrazine groups is 1. The fourth-order valence-electron chi connectivity index (χ4n) is 1.27. The summed E-state index contributed by atoms with van der Waals surface area (Å²) in [5, 5.41) is 13.9. The monoisotopic (exact) mass is 255 g/mol. The van der Waals surface area contributed by atoms with E-state index in [9.17, 15) is 4.79 Å². The number of rotatable bonds is 2. The van der Waals surface area contributed by atoms with Gasteiger partial charge in [0.15, 0.2) is 0 Å². The first-order valence-corrected chi connectivity index (χ1v) is 4.37. The molecule has 0 aliphatic rings. The van der Waals surface area contributed by atoms with Crippen LogP contribution in [0.15, 0.2) is 18.3 Å². The third-order valence-corrected chi connectivity index (χ3v) is 1.97. The lowest BCUT2D eigenvalue weighted by Crippen LogP contribution is -2.30. The molecule has 17 heavy (non-hydrogen) atoms. The smallest absolute Gasteiger partial charge is 0.271 e. The molecule has 6 N–H and O–H groups in total. The van der Waals surface area contributed by atoms with Crippen LogP contribution in [0.4, 0.5) is 5.82 Å². The summed E-state index contributed by atoms with van der Waals surface area (Å²) in [7, 11) is 0. The van der Waals surface area contributed by atoms with Gasteiger partial charge in [0.2, 0.25) is 0 Å². The minimum absolute atomic E-state index is 0. The summed E-state index contributed by atoms with van der Waals surface area (Å²) in [6, 6.07) is 3.34. The Bertz CT molecular complexity index is 512. The van der Waals surface area contributed by atoms with Crippen LogP contribution in [0.3, 0.4) is 0 Å². The zero-order valence-electron chi connectivity index (χ0n) is 8.54. The Kier molecular flexibility index (Phi) is 3.96. The van der Waals surface area contributed by atoms with Crippen molar-refractivity contribution in [3.05, 3.63) is 23.9 Å². The predicted octanol–water partition coefficient (Wildman–Crippen LogP) is -0.526. The summed E-state index contributed by atoms with van der Waals surface area (Å²) in [5.41, 5.74) is 8.47. The van der Waals surface area contributed by atoms with E-state index in [-0.39, 0.29) is 23.8 Å². The Labute approximate surface area is 102 Å². The van der Waals surface area contributed by atoms with Crippen molar-refractivity contribution < 1.29 is 4.79 Å². The van der Waals surface area contributed by atoms with Gasteiger partial charge in [-0.2, -0.15) is 10.2 Å². The molecule has 2 aromatic heterocycles. The van der Waals surface area contributed by atoms with Gasteiger partial charge in [0.05, 0.1) is 0 Å². The lowest BCUT2D eigenvalue weighted by Gasteiger charge is -2.00. The summed E-state index contributed by atoms with van der Waals surface area (Å²) in [6.45, 7) is 0. The zero-order chi connectivity index (χ0) is 11.5. The van der Waals surface area contributed by atoms with Gasteiger partial charge >= 0.3 is 0 Å². The van der Waals surface area contributed by atoms with Crippen LogP contribution in [0.2, 0.25) is 0 Å². The van der Waals surface area contributed by atoms with Crippen LogP contribution in [-0.2, 0) is 0 Å². The molecule has 0 fully saturated rings. The molecule has 2 aromatic rings. The number of carbonyl (C=O) groups is 1. The number of nitrogens with one attached hydrogen (secondary N) is 2.